The van der Waals surface area contributed by atoms with Crippen LogP contribution in [0.15, 0.2) is 24.4 Å². The van der Waals surface area contributed by atoms with E-state index in [-0.39, 0.29) is 0 Å². The Morgan fingerprint density at radius 1 is 1.33 bits per heavy atom. The zero-order valence-electron chi connectivity index (χ0n) is 8.12. The van der Waals surface area contributed by atoms with Crippen LogP contribution in [0.4, 0.5) is 0 Å². The van der Waals surface area contributed by atoms with E-state index < -0.39 is 0 Å². The highest BCUT2D eigenvalue weighted by atomic mass is 14.7. The molecule has 0 amide bonds. The molecule has 1 atom stereocenters. The van der Waals surface area contributed by atoms with Gasteiger partial charge in [0.05, 0.1) is 0 Å². The van der Waals surface area contributed by atoms with Gasteiger partial charge in [-0.05, 0) is 24.5 Å². The first kappa shape index (κ1) is 9.24. The number of rotatable bonds is 3. The van der Waals surface area contributed by atoms with Gasteiger partial charge in [-0.1, -0.05) is 26.8 Å². The van der Waals surface area contributed by atoms with E-state index in [2.05, 4.69) is 37.9 Å². The van der Waals surface area contributed by atoms with Gasteiger partial charge in [0.25, 0.3) is 0 Å². The predicted octanol–water partition coefficient (Wildman–Crippen LogP) is 3.23. The first-order valence-electron chi connectivity index (χ1n) is 4.66. The van der Waals surface area contributed by atoms with Gasteiger partial charge in [0.15, 0.2) is 0 Å². The summed E-state index contributed by atoms with van der Waals surface area (Å²) in [5, 5.41) is 0. The minimum atomic E-state index is 0.617. The summed E-state index contributed by atoms with van der Waals surface area (Å²) in [5.74, 6) is 1.30. The van der Waals surface area contributed by atoms with Crippen molar-refractivity contribution in [2.24, 2.45) is 5.92 Å². The van der Waals surface area contributed by atoms with Crippen molar-refractivity contribution in [1.29, 1.82) is 0 Å². The Bertz CT molecular complexity index is 216. The van der Waals surface area contributed by atoms with E-state index in [4.69, 9.17) is 0 Å². The van der Waals surface area contributed by atoms with Gasteiger partial charge in [-0.3, -0.25) is 4.98 Å². The van der Waals surface area contributed by atoms with Gasteiger partial charge in [0.2, 0.25) is 0 Å². The zero-order chi connectivity index (χ0) is 8.97. The maximum absolute atomic E-state index is 4.37. The van der Waals surface area contributed by atoms with Crippen LogP contribution >= 0.6 is 0 Å². The van der Waals surface area contributed by atoms with E-state index in [0.717, 1.165) is 0 Å². The van der Waals surface area contributed by atoms with Crippen LogP contribution in [0.25, 0.3) is 0 Å². The molecular weight excluding hydrogens is 146 g/mol. The summed E-state index contributed by atoms with van der Waals surface area (Å²) in [5.41, 5.74) is 1.23. The van der Waals surface area contributed by atoms with Crippen LogP contribution in [0.5, 0.6) is 0 Å². The Morgan fingerprint density at radius 2 is 2.08 bits per heavy atom. The van der Waals surface area contributed by atoms with Gasteiger partial charge in [-0.15, -0.1) is 0 Å². The van der Waals surface area contributed by atoms with E-state index in [1.54, 1.807) is 0 Å². The molecule has 0 N–H and O–H groups in total. The first-order valence-corrected chi connectivity index (χ1v) is 4.66. The molecule has 0 radical (unpaired) electrons. The van der Waals surface area contributed by atoms with Gasteiger partial charge in [0.1, 0.15) is 0 Å². The van der Waals surface area contributed by atoms with Crippen molar-refractivity contribution in [2.75, 3.05) is 0 Å². The number of pyridine rings is 1. The highest BCUT2D eigenvalue weighted by Crippen LogP contribution is 2.25. The van der Waals surface area contributed by atoms with Crippen LogP contribution in [-0.2, 0) is 0 Å². The lowest BCUT2D eigenvalue weighted by Crippen LogP contribution is -2.06. The first-order chi connectivity index (χ1) is 5.75. The Kier molecular flexibility index (Phi) is 3.27. The Morgan fingerprint density at radius 3 is 2.50 bits per heavy atom. The minimum Gasteiger partial charge on any atom is -0.261 e. The molecule has 1 heteroatoms. The molecule has 66 valence electrons. The largest absolute Gasteiger partial charge is 0.261 e. The smallest absolute Gasteiger partial charge is 0.0436 e. The van der Waals surface area contributed by atoms with Crippen LogP contribution in [0, 0.1) is 5.92 Å². The number of nitrogens with zero attached hydrogens (tertiary/aromatic N) is 1. The summed E-state index contributed by atoms with van der Waals surface area (Å²) < 4.78 is 0. The quantitative estimate of drug-likeness (QED) is 0.666. The fourth-order valence-corrected chi connectivity index (χ4v) is 1.62. The Hall–Kier alpha value is -0.850. The van der Waals surface area contributed by atoms with E-state index in [0.29, 0.717) is 11.8 Å². The predicted molar refractivity (Wildman–Crippen MR) is 52.1 cm³/mol. The van der Waals surface area contributed by atoms with E-state index in [9.17, 15) is 0 Å². The third-order valence-corrected chi connectivity index (χ3v) is 2.31. The highest BCUT2D eigenvalue weighted by Gasteiger charge is 2.13. The third kappa shape index (κ3) is 2.07. The molecular formula is C11H17N. The second kappa shape index (κ2) is 4.24. The Labute approximate surface area is 74.8 Å². The summed E-state index contributed by atoms with van der Waals surface area (Å²) >= 11 is 0. The molecule has 0 saturated heterocycles. The van der Waals surface area contributed by atoms with Crippen LogP contribution < -0.4 is 0 Å². The number of hydrogen-bond acceptors (Lipinski definition) is 1. The standard InChI is InChI=1S/C11H17N/c1-4-10(9(2)3)11-7-5-6-8-12-11/h5-10H,4H2,1-3H3/t10-/m1/s1. The summed E-state index contributed by atoms with van der Waals surface area (Å²) in [6.07, 6.45) is 3.05. The van der Waals surface area contributed by atoms with Crippen molar-refractivity contribution in [3.8, 4) is 0 Å². The lowest BCUT2D eigenvalue weighted by Gasteiger charge is -2.17. The van der Waals surface area contributed by atoms with Crippen LogP contribution in [0.3, 0.4) is 0 Å². The van der Waals surface area contributed by atoms with Crippen molar-refractivity contribution in [3.63, 3.8) is 0 Å². The summed E-state index contributed by atoms with van der Waals surface area (Å²) in [6.45, 7) is 6.73. The normalized spacial score (nSPS) is 13.3. The summed E-state index contributed by atoms with van der Waals surface area (Å²) in [7, 11) is 0. The summed E-state index contributed by atoms with van der Waals surface area (Å²) in [6, 6.07) is 6.15. The second-order valence-electron chi connectivity index (χ2n) is 3.51. The molecule has 0 aliphatic heterocycles. The molecule has 1 rings (SSSR count). The molecule has 0 saturated carbocycles. The number of hydrogen-bond donors (Lipinski definition) is 0. The Balaban J connectivity index is 2.80. The molecule has 0 spiro atoms. The number of aromatic nitrogens is 1. The van der Waals surface area contributed by atoms with E-state index in [1.165, 1.54) is 12.1 Å². The molecule has 0 aliphatic rings. The third-order valence-electron chi connectivity index (χ3n) is 2.31. The monoisotopic (exact) mass is 163 g/mol. The molecule has 1 heterocycles. The lowest BCUT2D eigenvalue weighted by atomic mass is 9.90. The molecule has 1 aromatic heterocycles. The van der Waals surface area contributed by atoms with Gasteiger partial charge in [-0.25, -0.2) is 0 Å². The molecule has 1 aromatic rings. The fraction of sp³-hybridized carbons (Fsp3) is 0.545. The lowest BCUT2D eigenvalue weighted by molar-refractivity contribution is 0.475. The second-order valence-corrected chi connectivity index (χ2v) is 3.51. The fourth-order valence-electron chi connectivity index (χ4n) is 1.62. The van der Waals surface area contributed by atoms with Crippen LogP contribution in [0.1, 0.15) is 38.8 Å². The van der Waals surface area contributed by atoms with Crippen molar-refractivity contribution in [1.82, 2.24) is 4.98 Å². The highest BCUT2D eigenvalue weighted by molar-refractivity contribution is 5.09. The van der Waals surface area contributed by atoms with Crippen molar-refractivity contribution in [3.05, 3.63) is 30.1 Å². The maximum Gasteiger partial charge on any atom is 0.0436 e. The van der Waals surface area contributed by atoms with E-state index >= 15 is 0 Å². The van der Waals surface area contributed by atoms with Crippen LogP contribution in [-0.4, -0.2) is 4.98 Å². The maximum atomic E-state index is 4.37. The van der Waals surface area contributed by atoms with Crippen molar-refractivity contribution < 1.29 is 0 Å². The van der Waals surface area contributed by atoms with Crippen LogP contribution in [0.2, 0.25) is 0 Å². The zero-order valence-corrected chi connectivity index (χ0v) is 8.12. The molecule has 0 aliphatic carbocycles. The van der Waals surface area contributed by atoms with Gasteiger partial charge in [0, 0.05) is 17.8 Å². The van der Waals surface area contributed by atoms with Crippen molar-refractivity contribution in [2.45, 2.75) is 33.1 Å². The average Bonchev–Trinajstić information content (AvgIpc) is 2.07. The molecule has 12 heavy (non-hydrogen) atoms. The molecule has 0 fully saturated rings. The van der Waals surface area contributed by atoms with E-state index in [1.807, 2.05) is 12.3 Å². The van der Waals surface area contributed by atoms with Gasteiger partial charge in [-0.2, -0.15) is 0 Å². The van der Waals surface area contributed by atoms with Gasteiger partial charge >= 0.3 is 0 Å². The summed E-state index contributed by atoms with van der Waals surface area (Å²) in [4.78, 5) is 4.37. The molecule has 0 aromatic carbocycles. The molecule has 0 unspecified atom stereocenters. The molecule has 1 nitrogen and oxygen atoms in total. The molecule has 0 bridgehead atoms. The van der Waals surface area contributed by atoms with Crippen molar-refractivity contribution >= 4 is 0 Å². The van der Waals surface area contributed by atoms with Gasteiger partial charge < -0.3 is 0 Å². The average molecular weight is 163 g/mol. The topological polar surface area (TPSA) is 12.9 Å². The minimum absolute atomic E-state index is 0.617. The SMILES string of the molecule is CC[C@@H](c1ccccn1)C(C)C.